The van der Waals surface area contributed by atoms with Gasteiger partial charge in [0, 0.05) is 28.2 Å². The van der Waals surface area contributed by atoms with Crippen molar-refractivity contribution in [3.63, 3.8) is 0 Å². The van der Waals surface area contributed by atoms with Crippen LogP contribution in [0.15, 0.2) is 91.1 Å². The lowest BCUT2D eigenvalue weighted by Crippen LogP contribution is -2.16. The van der Waals surface area contributed by atoms with Crippen molar-refractivity contribution < 1.29 is 0 Å². The second kappa shape index (κ2) is 6.43. The third kappa shape index (κ3) is 2.40. The van der Waals surface area contributed by atoms with Crippen LogP contribution in [0.5, 0.6) is 0 Å². The number of fused-ring (bicyclic) bond motifs is 4. The van der Waals surface area contributed by atoms with E-state index in [-0.39, 0.29) is 0 Å². The van der Waals surface area contributed by atoms with Crippen molar-refractivity contribution >= 4 is 38.6 Å². The Hall–Kier alpha value is -3.65. The van der Waals surface area contributed by atoms with Crippen molar-refractivity contribution in [2.24, 2.45) is 0 Å². The molecule has 4 aromatic carbocycles. The predicted octanol–water partition coefficient (Wildman–Crippen LogP) is 7.96. The van der Waals surface area contributed by atoms with Gasteiger partial charge in [-0.05, 0) is 46.5 Å². The molecule has 0 saturated carbocycles. The Labute approximate surface area is 176 Å². The largest absolute Gasteiger partial charge is 0.308 e. The zero-order valence-corrected chi connectivity index (χ0v) is 17.1. The number of para-hydroxylation sites is 1. The Balaban J connectivity index is 1.82. The van der Waals surface area contributed by atoms with Crippen molar-refractivity contribution in [1.82, 2.24) is 4.98 Å². The highest BCUT2D eigenvalue weighted by Gasteiger charge is 2.29. The van der Waals surface area contributed by atoms with Crippen molar-refractivity contribution in [3.8, 4) is 11.3 Å². The van der Waals surface area contributed by atoms with Gasteiger partial charge in [-0.1, -0.05) is 74.5 Å². The summed E-state index contributed by atoms with van der Waals surface area (Å²) in [6, 6.07) is 30.6. The van der Waals surface area contributed by atoms with E-state index in [1.165, 1.54) is 49.7 Å². The van der Waals surface area contributed by atoms with Crippen LogP contribution in [0.4, 0.5) is 17.1 Å². The summed E-state index contributed by atoms with van der Waals surface area (Å²) < 4.78 is 0. The first kappa shape index (κ1) is 17.2. The molecule has 2 heterocycles. The van der Waals surface area contributed by atoms with Crippen LogP contribution in [-0.2, 0) is 0 Å². The lowest BCUT2D eigenvalue weighted by molar-refractivity contribution is 0.868. The van der Waals surface area contributed by atoms with Crippen LogP contribution in [0.1, 0.15) is 25.3 Å². The smallest absolute Gasteiger partial charge is 0.0822 e. The third-order valence-electron chi connectivity index (χ3n) is 6.17. The number of nitrogens with zero attached hydrogens (tertiary/aromatic N) is 2. The molecular weight excluding hydrogens is 364 g/mol. The van der Waals surface area contributed by atoms with Gasteiger partial charge < -0.3 is 4.90 Å². The number of aromatic nitrogens is 1. The van der Waals surface area contributed by atoms with E-state index in [1.807, 2.05) is 6.20 Å². The van der Waals surface area contributed by atoms with Crippen LogP contribution in [-0.4, -0.2) is 4.98 Å². The molecule has 5 aromatic rings. The minimum Gasteiger partial charge on any atom is -0.308 e. The van der Waals surface area contributed by atoms with Crippen molar-refractivity contribution in [1.29, 1.82) is 0 Å². The number of hydrogen-bond donors (Lipinski definition) is 0. The predicted molar refractivity (Wildman–Crippen MR) is 127 cm³/mol. The minimum absolute atomic E-state index is 0.453. The Morgan fingerprint density at radius 3 is 2.40 bits per heavy atom. The molecule has 0 bridgehead atoms. The molecule has 0 atom stereocenters. The first-order valence-electron chi connectivity index (χ1n) is 10.5. The summed E-state index contributed by atoms with van der Waals surface area (Å²) in [5.41, 5.74) is 7.21. The molecule has 0 fully saturated rings. The molecule has 0 saturated heterocycles. The summed E-state index contributed by atoms with van der Waals surface area (Å²) in [5, 5.41) is 4.97. The summed E-state index contributed by atoms with van der Waals surface area (Å²) in [6.07, 6.45) is 1.95. The maximum atomic E-state index is 4.86. The van der Waals surface area contributed by atoms with E-state index in [1.54, 1.807) is 0 Å². The van der Waals surface area contributed by atoms with Gasteiger partial charge in [-0.15, -0.1) is 0 Å². The number of anilines is 3. The molecule has 0 spiro atoms. The van der Waals surface area contributed by atoms with Gasteiger partial charge in [-0.25, -0.2) is 0 Å². The van der Waals surface area contributed by atoms with Gasteiger partial charge in [0.2, 0.25) is 0 Å². The molecule has 2 nitrogen and oxygen atoms in total. The number of pyridine rings is 1. The topological polar surface area (TPSA) is 16.1 Å². The fourth-order valence-corrected chi connectivity index (χ4v) is 4.68. The summed E-state index contributed by atoms with van der Waals surface area (Å²) >= 11 is 0. The molecule has 6 rings (SSSR count). The molecule has 0 aliphatic carbocycles. The zero-order chi connectivity index (χ0) is 20.2. The number of hydrogen-bond acceptors (Lipinski definition) is 2. The van der Waals surface area contributed by atoms with Crippen molar-refractivity contribution in [3.05, 3.63) is 96.7 Å². The molecule has 0 amide bonds. The molecule has 1 aliphatic rings. The van der Waals surface area contributed by atoms with Gasteiger partial charge in [0.05, 0.1) is 17.1 Å². The second-order valence-electron chi connectivity index (χ2n) is 8.31. The molecule has 144 valence electrons. The lowest BCUT2D eigenvalue weighted by Gasteiger charge is -2.34. The first-order chi connectivity index (χ1) is 14.7. The highest BCUT2D eigenvalue weighted by molar-refractivity contribution is 6.17. The van der Waals surface area contributed by atoms with E-state index in [0.717, 1.165) is 5.69 Å². The van der Waals surface area contributed by atoms with E-state index in [9.17, 15) is 0 Å². The van der Waals surface area contributed by atoms with Crippen LogP contribution in [0.2, 0.25) is 0 Å². The molecular formula is C28H22N2. The molecule has 0 N–H and O–H groups in total. The quantitative estimate of drug-likeness (QED) is 0.300. The van der Waals surface area contributed by atoms with Crippen LogP contribution in [0.3, 0.4) is 0 Å². The average Bonchev–Trinajstić information content (AvgIpc) is 2.79. The maximum Gasteiger partial charge on any atom is 0.0822 e. The van der Waals surface area contributed by atoms with Gasteiger partial charge in [0.1, 0.15) is 0 Å². The molecule has 0 radical (unpaired) electrons. The van der Waals surface area contributed by atoms with E-state index in [2.05, 4.69) is 104 Å². The zero-order valence-electron chi connectivity index (χ0n) is 17.1. The summed E-state index contributed by atoms with van der Waals surface area (Å²) in [5.74, 6) is 0.453. The summed E-state index contributed by atoms with van der Waals surface area (Å²) in [4.78, 5) is 7.29. The minimum atomic E-state index is 0.453. The third-order valence-corrected chi connectivity index (χ3v) is 6.17. The van der Waals surface area contributed by atoms with Gasteiger partial charge >= 0.3 is 0 Å². The summed E-state index contributed by atoms with van der Waals surface area (Å²) in [6.45, 7) is 4.52. The number of benzene rings is 4. The van der Waals surface area contributed by atoms with Crippen LogP contribution >= 0.6 is 0 Å². The van der Waals surface area contributed by atoms with Crippen LogP contribution in [0, 0.1) is 0 Å². The molecule has 30 heavy (non-hydrogen) atoms. The molecule has 2 heteroatoms. The average molecular weight is 386 g/mol. The highest BCUT2D eigenvalue weighted by Crippen LogP contribution is 2.53. The van der Waals surface area contributed by atoms with Gasteiger partial charge in [-0.2, -0.15) is 0 Å². The molecule has 0 unspecified atom stereocenters. The molecule has 1 aromatic heterocycles. The number of rotatable bonds is 2. The molecule has 1 aliphatic heterocycles. The lowest BCUT2D eigenvalue weighted by atomic mass is 9.89. The van der Waals surface area contributed by atoms with Gasteiger partial charge in [0.15, 0.2) is 0 Å². The Morgan fingerprint density at radius 1 is 0.767 bits per heavy atom. The normalized spacial score (nSPS) is 12.6. The SMILES string of the molecule is CC(C)c1cc2c3c(nccc3c1)-c1ccc3ccccc3c1N2c1ccccc1. The highest BCUT2D eigenvalue weighted by atomic mass is 15.2. The monoisotopic (exact) mass is 386 g/mol. The fraction of sp³-hybridized carbons (Fsp3) is 0.107. The van der Waals surface area contributed by atoms with E-state index >= 15 is 0 Å². The van der Waals surface area contributed by atoms with E-state index < -0.39 is 0 Å². The van der Waals surface area contributed by atoms with E-state index in [4.69, 9.17) is 4.98 Å². The Bertz CT molecular complexity index is 1420. The fourth-order valence-electron chi connectivity index (χ4n) is 4.68. The van der Waals surface area contributed by atoms with Crippen LogP contribution < -0.4 is 4.90 Å². The maximum absolute atomic E-state index is 4.86. The second-order valence-corrected chi connectivity index (χ2v) is 8.31. The van der Waals surface area contributed by atoms with Gasteiger partial charge in [-0.3, -0.25) is 4.98 Å². The van der Waals surface area contributed by atoms with Crippen molar-refractivity contribution in [2.75, 3.05) is 4.90 Å². The van der Waals surface area contributed by atoms with Gasteiger partial charge in [0.25, 0.3) is 0 Å². The Kier molecular flexibility index (Phi) is 3.69. The van der Waals surface area contributed by atoms with Crippen molar-refractivity contribution in [2.45, 2.75) is 19.8 Å². The summed E-state index contributed by atoms with van der Waals surface area (Å²) in [7, 11) is 0. The first-order valence-corrected chi connectivity index (χ1v) is 10.5. The van der Waals surface area contributed by atoms with Crippen LogP contribution in [0.25, 0.3) is 32.8 Å². The van der Waals surface area contributed by atoms with E-state index in [0.29, 0.717) is 5.92 Å². The standard InChI is InChI=1S/C28H22N2/c1-18(2)21-16-20-14-15-29-27-24-13-12-19-8-6-7-11-23(19)28(24)30(25(17-21)26(20)27)22-9-4-3-5-10-22/h3-18H,1-2H3. The Morgan fingerprint density at radius 2 is 1.57 bits per heavy atom.